The first-order valence-corrected chi connectivity index (χ1v) is 6.07. The Morgan fingerprint density at radius 2 is 2.00 bits per heavy atom. The normalized spacial score (nSPS) is 10.9. The van der Waals surface area contributed by atoms with Crippen LogP contribution in [0, 0.1) is 13.8 Å². The van der Waals surface area contributed by atoms with E-state index in [1.54, 1.807) is 14.0 Å². The lowest BCUT2D eigenvalue weighted by Gasteiger charge is -2.05. The second kappa shape index (κ2) is 4.48. The van der Waals surface area contributed by atoms with Crippen LogP contribution in [-0.4, -0.2) is 17.5 Å². The molecule has 0 radical (unpaired) electrons. The van der Waals surface area contributed by atoms with Crippen molar-refractivity contribution < 1.29 is 9.53 Å². The number of methoxy groups -OCH3 is 1. The molecule has 0 aliphatic rings. The van der Waals surface area contributed by atoms with Crippen molar-refractivity contribution in [2.75, 3.05) is 7.11 Å². The number of aryl methyl sites for hydroxylation is 2. The molecule has 0 unspecified atom stereocenters. The molecule has 0 atom stereocenters. The molecule has 0 saturated carbocycles. The summed E-state index contributed by atoms with van der Waals surface area (Å²) in [5.41, 5.74) is 4.62. The molecule has 0 N–H and O–H groups in total. The van der Waals surface area contributed by atoms with Gasteiger partial charge in [-0.15, -0.1) is 0 Å². The summed E-state index contributed by atoms with van der Waals surface area (Å²) in [6.45, 7) is 5.76. The van der Waals surface area contributed by atoms with Gasteiger partial charge in [-0.3, -0.25) is 4.79 Å². The molecule has 0 aliphatic heterocycles. The largest absolute Gasteiger partial charge is 0.497 e. The molecular weight excluding hydrogens is 226 g/mol. The van der Waals surface area contributed by atoms with Crippen LogP contribution in [0.3, 0.4) is 0 Å². The zero-order chi connectivity index (χ0) is 13.4. The molecule has 18 heavy (non-hydrogen) atoms. The predicted molar refractivity (Wildman–Crippen MR) is 73.3 cm³/mol. The fraction of sp³-hybridized carbons (Fsp3) is 0.400. The van der Waals surface area contributed by atoms with Gasteiger partial charge >= 0.3 is 0 Å². The van der Waals surface area contributed by atoms with E-state index in [4.69, 9.17) is 4.74 Å². The molecule has 0 saturated heterocycles. The lowest BCUT2D eigenvalue weighted by molar-refractivity contribution is -0.116. The number of benzene rings is 1. The zero-order valence-corrected chi connectivity index (χ0v) is 11.6. The van der Waals surface area contributed by atoms with Crippen LogP contribution >= 0.6 is 0 Å². The molecule has 0 fully saturated rings. The number of Topliss-reactive ketones (excluding diaryl/α,β-unsaturated/α-hetero) is 1. The van der Waals surface area contributed by atoms with Crippen LogP contribution in [0.15, 0.2) is 12.1 Å². The molecule has 2 aromatic rings. The van der Waals surface area contributed by atoms with Crippen molar-refractivity contribution in [3.63, 3.8) is 0 Å². The van der Waals surface area contributed by atoms with Crippen molar-refractivity contribution in [1.82, 2.24) is 4.57 Å². The van der Waals surface area contributed by atoms with Crippen LogP contribution in [0.25, 0.3) is 10.9 Å². The molecular formula is C15H19NO2. The van der Waals surface area contributed by atoms with Crippen molar-refractivity contribution in [1.29, 1.82) is 0 Å². The number of carbonyl (C=O) groups excluding carboxylic acids is 1. The summed E-state index contributed by atoms with van der Waals surface area (Å²) in [6.07, 6.45) is 0.482. The van der Waals surface area contributed by atoms with Gasteiger partial charge in [0.05, 0.1) is 12.6 Å². The van der Waals surface area contributed by atoms with Crippen LogP contribution in [-0.2, 0) is 18.3 Å². The number of fused-ring (bicyclic) bond motifs is 1. The van der Waals surface area contributed by atoms with Gasteiger partial charge in [-0.25, -0.2) is 0 Å². The van der Waals surface area contributed by atoms with Crippen molar-refractivity contribution in [2.45, 2.75) is 27.2 Å². The van der Waals surface area contributed by atoms with Gasteiger partial charge in [-0.05, 0) is 44.0 Å². The second-order valence-corrected chi connectivity index (χ2v) is 4.84. The first-order chi connectivity index (χ1) is 8.45. The highest BCUT2D eigenvalue weighted by Crippen LogP contribution is 2.31. The lowest BCUT2D eigenvalue weighted by Crippen LogP contribution is -1.99. The Kier molecular flexibility index (Phi) is 3.16. The smallest absolute Gasteiger partial charge is 0.134 e. The van der Waals surface area contributed by atoms with E-state index in [0.717, 1.165) is 22.4 Å². The monoisotopic (exact) mass is 245 g/mol. The Morgan fingerprint density at radius 1 is 1.33 bits per heavy atom. The number of nitrogens with zero attached hydrogens (tertiary/aromatic N) is 1. The molecule has 3 heteroatoms. The van der Waals surface area contributed by atoms with E-state index in [-0.39, 0.29) is 5.78 Å². The van der Waals surface area contributed by atoms with Gasteiger partial charge in [0, 0.05) is 24.5 Å². The molecule has 0 amide bonds. The quantitative estimate of drug-likeness (QED) is 0.832. The number of ether oxygens (including phenoxy) is 1. The molecule has 96 valence electrons. The maximum absolute atomic E-state index is 11.4. The van der Waals surface area contributed by atoms with Gasteiger partial charge in [0.1, 0.15) is 11.5 Å². The van der Waals surface area contributed by atoms with E-state index >= 15 is 0 Å². The third-order valence-electron chi connectivity index (χ3n) is 3.54. The van der Waals surface area contributed by atoms with Crippen LogP contribution in [0.4, 0.5) is 0 Å². The minimum atomic E-state index is 0.186. The highest BCUT2D eigenvalue weighted by Gasteiger charge is 2.16. The Balaban J connectivity index is 2.80. The fourth-order valence-corrected chi connectivity index (χ4v) is 2.58. The van der Waals surface area contributed by atoms with Crippen molar-refractivity contribution in [3.8, 4) is 5.75 Å². The van der Waals surface area contributed by atoms with Gasteiger partial charge in [0.15, 0.2) is 0 Å². The topological polar surface area (TPSA) is 31.2 Å². The first-order valence-electron chi connectivity index (χ1n) is 6.07. The summed E-state index contributed by atoms with van der Waals surface area (Å²) in [5.74, 6) is 1.03. The van der Waals surface area contributed by atoms with Gasteiger partial charge < -0.3 is 9.30 Å². The third-order valence-corrected chi connectivity index (χ3v) is 3.54. The highest BCUT2D eigenvalue weighted by molar-refractivity contribution is 5.93. The summed E-state index contributed by atoms with van der Waals surface area (Å²) in [4.78, 5) is 11.4. The van der Waals surface area contributed by atoms with Gasteiger partial charge in [0.2, 0.25) is 0 Å². The first kappa shape index (κ1) is 12.7. The number of hydrogen-bond donors (Lipinski definition) is 0. The lowest BCUT2D eigenvalue weighted by atomic mass is 10.0. The van der Waals surface area contributed by atoms with Crippen molar-refractivity contribution in [2.24, 2.45) is 7.05 Å². The summed E-state index contributed by atoms with van der Waals surface area (Å²) in [7, 11) is 3.71. The predicted octanol–water partition coefficient (Wildman–Crippen LogP) is 2.94. The number of carbonyl (C=O) groups is 1. The molecule has 0 aliphatic carbocycles. The molecule has 2 rings (SSSR count). The van der Waals surface area contributed by atoms with E-state index in [0.29, 0.717) is 6.42 Å². The second-order valence-electron chi connectivity index (χ2n) is 4.84. The SMILES string of the molecule is COc1cc(C)c2c(c1)c(CC(C)=O)c(C)n2C. The maximum atomic E-state index is 11.4. The maximum Gasteiger partial charge on any atom is 0.134 e. The van der Waals surface area contributed by atoms with Crippen LogP contribution in [0.5, 0.6) is 5.75 Å². The minimum absolute atomic E-state index is 0.186. The fourth-order valence-electron chi connectivity index (χ4n) is 2.58. The summed E-state index contributed by atoms with van der Waals surface area (Å²) in [5, 5.41) is 1.13. The van der Waals surface area contributed by atoms with Gasteiger partial charge in [0.25, 0.3) is 0 Å². The van der Waals surface area contributed by atoms with E-state index in [1.807, 2.05) is 19.2 Å². The Morgan fingerprint density at radius 3 is 2.56 bits per heavy atom. The van der Waals surface area contributed by atoms with Crippen LogP contribution < -0.4 is 4.74 Å². The van der Waals surface area contributed by atoms with Gasteiger partial charge in [-0.1, -0.05) is 0 Å². The van der Waals surface area contributed by atoms with Crippen LogP contribution in [0.2, 0.25) is 0 Å². The number of aromatic nitrogens is 1. The van der Waals surface area contributed by atoms with E-state index in [9.17, 15) is 4.79 Å². The number of rotatable bonds is 3. The summed E-state index contributed by atoms with van der Waals surface area (Å²) < 4.78 is 7.47. The number of ketones is 1. The Labute approximate surface area is 107 Å². The summed E-state index contributed by atoms with van der Waals surface area (Å²) in [6, 6.07) is 4.05. The molecule has 1 aromatic carbocycles. The standard InChI is InChI=1S/C15H19NO2/c1-9-6-12(18-5)8-14-13(7-10(2)17)11(3)16(4)15(9)14/h6,8H,7H2,1-5H3. The molecule has 3 nitrogen and oxygen atoms in total. The number of hydrogen-bond acceptors (Lipinski definition) is 2. The van der Waals surface area contributed by atoms with E-state index < -0.39 is 0 Å². The van der Waals surface area contributed by atoms with Crippen molar-refractivity contribution in [3.05, 3.63) is 29.0 Å². The highest BCUT2D eigenvalue weighted by atomic mass is 16.5. The Bertz CT molecular complexity index is 623. The van der Waals surface area contributed by atoms with Gasteiger partial charge in [-0.2, -0.15) is 0 Å². The van der Waals surface area contributed by atoms with Crippen LogP contribution in [0.1, 0.15) is 23.7 Å². The molecule has 0 spiro atoms. The Hall–Kier alpha value is -1.77. The third kappa shape index (κ3) is 1.90. The molecule has 1 heterocycles. The van der Waals surface area contributed by atoms with E-state index in [2.05, 4.69) is 18.4 Å². The zero-order valence-electron chi connectivity index (χ0n) is 11.6. The van der Waals surface area contributed by atoms with Crippen molar-refractivity contribution >= 4 is 16.7 Å². The minimum Gasteiger partial charge on any atom is -0.497 e. The molecule has 1 aromatic heterocycles. The average Bonchev–Trinajstić information content (AvgIpc) is 2.54. The molecule has 0 bridgehead atoms. The average molecular weight is 245 g/mol. The van der Waals surface area contributed by atoms with E-state index in [1.165, 1.54) is 11.1 Å². The summed E-state index contributed by atoms with van der Waals surface area (Å²) >= 11 is 0.